The van der Waals surface area contributed by atoms with Gasteiger partial charge in [-0.15, -0.1) is 0 Å². The Labute approximate surface area is 165 Å². The first-order valence-corrected chi connectivity index (χ1v) is 9.24. The first-order chi connectivity index (χ1) is 13.6. The fourth-order valence-corrected chi connectivity index (χ4v) is 2.98. The molecule has 28 heavy (non-hydrogen) atoms. The molecule has 0 aliphatic heterocycles. The predicted molar refractivity (Wildman–Crippen MR) is 106 cm³/mol. The van der Waals surface area contributed by atoms with Gasteiger partial charge in [-0.25, -0.2) is 14.2 Å². The summed E-state index contributed by atoms with van der Waals surface area (Å²) < 4.78 is 18.4. The average molecular weight is 396 g/mol. The predicted octanol–water partition coefficient (Wildman–Crippen LogP) is 3.59. The number of carbonyl (C=O) groups is 1. The van der Waals surface area contributed by atoms with Crippen LogP contribution in [0.5, 0.6) is 5.75 Å². The molecule has 2 N–H and O–H groups in total. The number of rotatable bonds is 5. The zero-order chi connectivity index (χ0) is 19.8. The lowest BCUT2D eigenvalue weighted by Gasteiger charge is -2.07. The Morgan fingerprint density at radius 2 is 2.07 bits per heavy atom. The van der Waals surface area contributed by atoms with E-state index in [9.17, 15) is 9.18 Å². The van der Waals surface area contributed by atoms with Crippen molar-refractivity contribution in [1.82, 2.24) is 15.3 Å². The van der Waals surface area contributed by atoms with Crippen molar-refractivity contribution in [3.8, 4) is 17.6 Å². The van der Waals surface area contributed by atoms with Gasteiger partial charge in [-0.3, -0.25) is 10.3 Å². The van der Waals surface area contributed by atoms with E-state index in [0.717, 1.165) is 16.1 Å². The maximum Gasteiger partial charge on any atom is 0.321 e. The monoisotopic (exact) mass is 396 g/mol. The van der Waals surface area contributed by atoms with Crippen molar-refractivity contribution in [2.24, 2.45) is 0 Å². The highest BCUT2D eigenvalue weighted by atomic mass is 32.1. The number of thiazole rings is 1. The summed E-state index contributed by atoms with van der Waals surface area (Å²) >= 11 is 1.30. The van der Waals surface area contributed by atoms with Gasteiger partial charge in [-0.1, -0.05) is 23.3 Å². The van der Waals surface area contributed by atoms with Crippen LogP contribution in [0, 0.1) is 24.6 Å². The summed E-state index contributed by atoms with van der Waals surface area (Å²) in [7, 11) is 0. The van der Waals surface area contributed by atoms with Gasteiger partial charge in [0.1, 0.15) is 23.1 Å². The van der Waals surface area contributed by atoms with E-state index in [0.29, 0.717) is 10.9 Å². The Hall–Kier alpha value is -3.44. The lowest BCUT2D eigenvalue weighted by atomic mass is 10.2. The van der Waals surface area contributed by atoms with Gasteiger partial charge in [0.05, 0.1) is 12.2 Å². The maximum absolute atomic E-state index is 13.1. The van der Waals surface area contributed by atoms with Crippen molar-refractivity contribution >= 4 is 22.5 Å². The van der Waals surface area contributed by atoms with E-state index < -0.39 is 6.03 Å². The van der Waals surface area contributed by atoms with Gasteiger partial charge >= 0.3 is 6.03 Å². The van der Waals surface area contributed by atoms with Gasteiger partial charge in [0.15, 0.2) is 5.13 Å². The summed E-state index contributed by atoms with van der Waals surface area (Å²) in [5, 5.41) is 5.79. The summed E-state index contributed by atoms with van der Waals surface area (Å²) in [6.07, 6.45) is 3.36. The molecular weight excluding hydrogens is 379 g/mol. The molecule has 6 nitrogen and oxygen atoms in total. The highest BCUT2D eigenvalue weighted by molar-refractivity contribution is 7.16. The normalized spacial score (nSPS) is 9.93. The number of aromatic nitrogens is 2. The molecule has 0 aliphatic carbocycles. The van der Waals surface area contributed by atoms with Crippen LogP contribution in [-0.4, -0.2) is 29.2 Å². The van der Waals surface area contributed by atoms with E-state index in [-0.39, 0.29) is 19.0 Å². The van der Waals surface area contributed by atoms with Crippen molar-refractivity contribution in [2.45, 2.75) is 6.92 Å². The zero-order valence-electron chi connectivity index (χ0n) is 15.0. The number of hydrogen-bond acceptors (Lipinski definition) is 5. The van der Waals surface area contributed by atoms with Crippen LogP contribution in [0.2, 0.25) is 0 Å². The van der Waals surface area contributed by atoms with Crippen molar-refractivity contribution < 1.29 is 13.9 Å². The molecule has 0 saturated carbocycles. The highest BCUT2D eigenvalue weighted by Crippen LogP contribution is 2.21. The molecule has 0 fully saturated rings. The molecule has 142 valence electrons. The Kier molecular flexibility index (Phi) is 6.54. The number of carbonyl (C=O) groups excluding carboxylic acids is 1. The molecule has 2 aromatic heterocycles. The molecular formula is C20H17FN4O2S. The quantitative estimate of drug-likeness (QED) is 0.511. The van der Waals surface area contributed by atoms with Crippen LogP contribution < -0.4 is 15.4 Å². The summed E-state index contributed by atoms with van der Waals surface area (Å²) in [4.78, 5) is 21.0. The summed E-state index contributed by atoms with van der Waals surface area (Å²) in [5.74, 6) is 6.13. The van der Waals surface area contributed by atoms with Gasteiger partial charge in [-0.05, 0) is 37.1 Å². The molecule has 2 heterocycles. The summed E-state index contributed by atoms with van der Waals surface area (Å²) in [6.45, 7) is 2.32. The number of nitrogens with one attached hydrogen (secondary N) is 2. The van der Waals surface area contributed by atoms with E-state index >= 15 is 0 Å². The number of benzene rings is 1. The summed E-state index contributed by atoms with van der Waals surface area (Å²) in [5.41, 5.74) is 1.60. The lowest BCUT2D eigenvalue weighted by molar-refractivity contribution is 0.247. The van der Waals surface area contributed by atoms with E-state index in [2.05, 4.69) is 32.4 Å². The highest BCUT2D eigenvalue weighted by Gasteiger charge is 2.09. The van der Waals surface area contributed by atoms with Gasteiger partial charge in [-0.2, -0.15) is 0 Å². The molecule has 3 rings (SSSR count). The van der Waals surface area contributed by atoms with Crippen LogP contribution in [0.15, 0.2) is 48.8 Å². The SMILES string of the molecule is Cc1nc(NC(=O)NCCOc2cccc(F)c2)sc1C#Cc1ccncc1. The van der Waals surface area contributed by atoms with Crippen molar-refractivity contribution in [1.29, 1.82) is 0 Å². The molecule has 0 unspecified atom stereocenters. The van der Waals surface area contributed by atoms with Gasteiger partial charge in [0.2, 0.25) is 0 Å². The number of nitrogens with zero attached hydrogens (tertiary/aromatic N) is 2. The third kappa shape index (κ3) is 5.79. The van der Waals surface area contributed by atoms with Crippen molar-refractivity contribution in [3.05, 3.63) is 70.7 Å². The fraction of sp³-hybridized carbons (Fsp3) is 0.150. The smallest absolute Gasteiger partial charge is 0.321 e. The third-order valence-corrected chi connectivity index (χ3v) is 4.46. The minimum Gasteiger partial charge on any atom is -0.492 e. The van der Waals surface area contributed by atoms with E-state index in [4.69, 9.17) is 4.74 Å². The second-order valence-corrected chi connectivity index (χ2v) is 6.61. The second-order valence-electron chi connectivity index (χ2n) is 5.61. The van der Waals surface area contributed by atoms with Crippen LogP contribution >= 0.6 is 11.3 Å². The minimum absolute atomic E-state index is 0.219. The number of pyridine rings is 1. The first kappa shape index (κ1) is 19.3. The molecule has 0 radical (unpaired) electrons. The van der Waals surface area contributed by atoms with Crippen molar-refractivity contribution in [2.75, 3.05) is 18.5 Å². The number of halogens is 1. The third-order valence-electron chi connectivity index (χ3n) is 3.47. The van der Waals surface area contributed by atoms with Gasteiger partial charge in [0, 0.05) is 24.0 Å². The Balaban J connectivity index is 1.47. The van der Waals surface area contributed by atoms with Crippen LogP contribution in [0.1, 0.15) is 16.1 Å². The molecule has 8 heteroatoms. The minimum atomic E-state index is -0.398. The number of aryl methyl sites for hydroxylation is 1. The molecule has 2 amide bonds. The molecule has 0 aliphatic rings. The Morgan fingerprint density at radius 1 is 1.25 bits per heavy atom. The Bertz CT molecular complexity index is 1010. The van der Waals surface area contributed by atoms with Crippen LogP contribution in [0.25, 0.3) is 0 Å². The first-order valence-electron chi connectivity index (χ1n) is 8.43. The van der Waals surface area contributed by atoms with Gasteiger partial charge < -0.3 is 10.1 Å². The zero-order valence-corrected chi connectivity index (χ0v) is 15.8. The molecule has 0 bridgehead atoms. The standard InChI is InChI=1S/C20H17FN4O2S/c1-14-18(6-5-15-7-9-22-10-8-15)28-20(24-14)25-19(26)23-11-12-27-17-4-2-3-16(21)13-17/h2-4,7-10,13H,11-12H2,1H3,(H2,23,24,25,26). The molecule has 3 aromatic rings. The van der Waals surface area contributed by atoms with Crippen LogP contribution in [0.4, 0.5) is 14.3 Å². The van der Waals surface area contributed by atoms with Crippen LogP contribution in [-0.2, 0) is 0 Å². The number of anilines is 1. The number of amides is 2. The molecule has 0 atom stereocenters. The average Bonchev–Trinajstić information content (AvgIpc) is 3.03. The largest absolute Gasteiger partial charge is 0.492 e. The maximum atomic E-state index is 13.1. The molecule has 0 spiro atoms. The number of urea groups is 1. The topological polar surface area (TPSA) is 76.1 Å². The lowest BCUT2D eigenvalue weighted by Crippen LogP contribution is -2.32. The molecule has 1 aromatic carbocycles. The van der Waals surface area contributed by atoms with E-state index in [1.807, 2.05) is 19.1 Å². The van der Waals surface area contributed by atoms with E-state index in [1.165, 1.54) is 23.5 Å². The van der Waals surface area contributed by atoms with Gasteiger partial charge in [0.25, 0.3) is 0 Å². The number of ether oxygens (including phenoxy) is 1. The Morgan fingerprint density at radius 3 is 2.86 bits per heavy atom. The summed E-state index contributed by atoms with van der Waals surface area (Å²) in [6, 6.07) is 9.08. The second kappa shape index (κ2) is 9.48. The van der Waals surface area contributed by atoms with Crippen molar-refractivity contribution in [3.63, 3.8) is 0 Å². The fourth-order valence-electron chi connectivity index (χ4n) is 2.16. The number of hydrogen-bond donors (Lipinski definition) is 2. The van der Waals surface area contributed by atoms with Crippen LogP contribution in [0.3, 0.4) is 0 Å². The molecule has 0 saturated heterocycles. The van der Waals surface area contributed by atoms with E-state index in [1.54, 1.807) is 24.5 Å².